The zero-order valence-electron chi connectivity index (χ0n) is 12.4. The van der Waals surface area contributed by atoms with Gasteiger partial charge in [-0.05, 0) is 24.4 Å². The van der Waals surface area contributed by atoms with Crippen molar-refractivity contribution in [3.8, 4) is 0 Å². The minimum Gasteiger partial charge on any atom is -0.300 e. The van der Waals surface area contributed by atoms with Gasteiger partial charge in [-0.1, -0.05) is 41.7 Å². The third-order valence-electron chi connectivity index (χ3n) is 3.81. The van der Waals surface area contributed by atoms with E-state index < -0.39 is 0 Å². The van der Waals surface area contributed by atoms with Gasteiger partial charge in [0.25, 0.3) is 5.91 Å². The number of rotatable bonds is 3. The Bertz CT molecular complexity index is 990. The van der Waals surface area contributed by atoms with Crippen molar-refractivity contribution < 1.29 is 4.79 Å². The molecular weight excluding hydrogens is 308 g/mol. The average molecular weight is 322 g/mol. The lowest BCUT2D eigenvalue weighted by atomic mass is 10.1. The first-order chi connectivity index (χ1) is 11.2. The fourth-order valence-corrected chi connectivity index (χ4v) is 3.44. The van der Waals surface area contributed by atoms with E-state index >= 15 is 0 Å². The first kappa shape index (κ1) is 13.9. The van der Waals surface area contributed by atoms with Crippen molar-refractivity contribution in [1.29, 1.82) is 0 Å². The Kier molecular flexibility index (Phi) is 3.31. The van der Waals surface area contributed by atoms with Crippen molar-refractivity contribution in [2.45, 2.75) is 13.0 Å². The van der Waals surface area contributed by atoms with Crippen LogP contribution in [0.4, 0.5) is 5.13 Å². The van der Waals surface area contributed by atoms with Gasteiger partial charge in [-0.15, -0.1) is 0 Å². The fraction of sp³-hybridized carbons (Fsp3) is 0.118. The van der Waals surface area contributed by atoms with Crippen LogP contribution >= 0.6 is 11.3 Å². The van der Waals surface area contributed by atoms with Crippen LogP contribution in [0.5, 0.6) is 0 Å². The van der Waals surface area contributed by atoms with Crippen LogP contribution in [0.1, 0.15) is 13.0 Å². The zero-order chi connectivity index (χ0) is 15.8. The van der Waals surface area contributed by atoms with Crippen LogP contribution < -0.4 is 5.32 Å². The lowest BCUT2D eigenvalue weighted by molar-refractivity contribution is -0.119. The second-order valence-corrected chi connectivity index (χ2v) is 6.33. The van der Waals surface area contributed by atoms with E-state index in [0.29, 0.717) is 5.13 Å². The van der Waals surface area contributed by atoms with Gasteiger partial charge in [-0.3, -0.25) is 9.48 Å². The van der Waals surface area contributed by atoms with Crippen molar-refractivity contribution in [2.75, 3.05) is 5.32 Å². The first-order valence-corrected chi connectivity index (χ1v) is 8.12. The smallest absolute Gasteiger partial charge is 0.250 e. The van der Waals surface area contributed by atoms with E-state index in [1.165, 1.54) is 11.3 Å². The number of amides is 1. The average Bonchev–Trinajstić information content (AvgIpc) is 3.23. The number of anilines is 1. The maximum Gasteiger partial charge on any atom is 0.250 e. The van der Waals surface area contributed by atoms with Crippen molar-refractivity contribution in [3.05, 3.63) is 54.9 Å². The Balaban J connectivity index is 1.67. The van der Waals surface area contributed by atoms with E-state index in [-0.39, 0.29) is 11.9 Å². The van der Waals surface area contributed by atoms with Crippen LogP contribution in [0.2, 0.25) is 0 Å². The van der Waals surface area contributed by atoms with Gasteiger partial charge in [0.15, 0.2) is 5.13 Å². The second-order valence-electron chi connectivity index (χ2n) is 5.30. The molecule has 0 spiro atoms. The molecule has 0 unspecified atom stereocenters. The maximum absolute atomic E-state index is 12.3. The summed E-state index contributed by atoms with van der Waals surface area (Å²) in [5.74, 6) is -0.128. The standard InChI is InChI=1S/C17H14N4OS/c1-11(21-10-4-9-18-21)16(22)20-17-19-15-13-6-3-2-5-12(13)7-8-14(15)23-17/h2-11H,1H3,(H,19,20,22)/t11-/m0/s1. The van der Waals surface area contributed by atoms with E-state index in [1.807, 2.05) is 25.1 Å². The normalized spacial score (nSPS) is 12.6. The minimum absolute atomic E-state index is 0.128. The third-order valence-corrected chi connectivity index (χ3v) is 4.75. The topological polar surface area (TPSA) is 59.8 Å². The largest absolute Gasteiger partial charge is 0.300 e. The van der Waals surface area contributed by atoms with Crippen LogP contribution in [0.3, 0.4) is 0 Å². The van der Waals surface area contributed by atoms with Crippen LogP contribution in [-0.4, -0.2) is 20.7 Å². The molecule has 0 bridgehead atoms. The summed E-state index contributed by atoms with van der Waals surface area (Å²) in [4.78, 5) is 16.9. The summed E-state index contributed by atoms with van der Waals surface area (Å²) >= 11 is 1.48. The molecule has 6 heteroatoms. The molecule has 0 saturated carbocycles. The van der Waals surface area contributed by atoms with Gasteiger partial charge in [0.1, 0.15) is 6.04 Å². The number of thiazole rings is 1. The van der Waals surface area contributed by atoms with Crippen molar-refractivity contribution in [1.82, 2.24) is 14.8 Å². The molecule has 2 aromatic carbocycles. The molecule has 5 nitrogen and oxygen atoms in total. The van der Waals surface area contributed by atoms with E-state index in [4.69, 9.17) is 0 Å². The number of carbonyl (C=O) groups excluding carboxylic acids is 1. The third kappa shape index (κ3) is 2.47. The molecule has 0 saturated heterocycles. The van der Waals surface area contributed by atoms with E-state index in [2.05, 4.69) is 33.6 Å². The molecule has 2 aromatic heterocycles. The Morgan fingerprint density at radius 1 is 1.22 bits per heavy atom. The second kappa shape index (κ2) is 5.48. The molecule has 0 aliphatic carbocycles. The number of aromatic nitrogens is 3. The fourth-order valence-electron chi connectivity index (χ4n) is 2.55. The summed E-state index contributed by atoms with van der Waals surface area (Å²) in [6.45, 7) is 1.81. The van der Waals surface area contributed by atoms with Crippen molar-refractivity contribution >= 4 is 43.4 Å². The molecule has 0 aliphatic rings. The summed E-state index contributed by atoms with van der Waals surface area (Å²) < 4.78 is 2.68. The van der Waals surface area contributed by atoms with Crippen molar-refractivity contribution in [3.63, 3.8) is 0 Å². The molecule has 4 rings (SSSR count). The predicted octanol–water partition coefficient (Wildman–Crippen LogP) is 3.85. The van der Waals surface area contributed by atoms with Gasteiger partial charge in [0, 0.05) is 17.8 Å². The Morgan fingerprint density at radius 2 is 2.09 bits per heavy atom. The Labute approximate surface area is 136 Å². The molecule has 1 amide bonds. The highest BCUT2D eigenvalue weighted by Gasteiger charge is 2.17. The molecule has 0 fully saturated rings. The van der Waals surface area contributed by atoms with Crippen LogP contribution in [0.25, 0.3) is 21.0 Å². The van der Waals surface area contributed by atoms with E-state index in [1.54, 1.807) is 23.1 Å². The van der Waals surface area contributed by atoms with Gasteiger partial charge in [-0.2, -0.15) is 5.10 Å². The highest BCUT2D eigenvalue weighted by Crippen LogP contribution is 2.31. The highest BCUT2D eigenvalue weighted by atomic mass is 32.1. The Hall–Kier alpha value is -2.73. The maximum atomic E-state index is 12.3. The predicted molar refractivity (Wildman–Crippen MR) is 92.7 cm³/mol. The number of hydrogen-bond donors (Lipinski definition) is 1. The van der Waals surface area contributed by atoms with Crippen molar-refractivity contribution in [2.24, 2.45) is 0 Å². The van der Waals surface area contributed by atoms with E-state index in [0.717, 1.165) is 21.0 Å². The monoisotopic (exact) mass is 322 g/mol. The number of fused-ring (bicyclic) bond motifs is 3. The quantitative estimate of drug-likeness (QED) is 0.623. The highest BCUT2D eigenvalue weighted by molar-refractivity contribution is 7.22. The number of benzene rings is 2. The van der Waals surface area contributed by atoms with Gasteiger partial charge in [-0.25, -0.2) is 4.98 Å². The first-order valence-electron chi connectivity index (χ1n) is 7.30. The summed E-state index contributed by atoms with van der Waals surface area (Å²) in [6, 6.07) is 13.7. The van der Waals surface area contributed by atoms with Crippen LogP contribution in [0, 0.1) is 0 Å². The lowest BCUT2D eigenvalue weighted by Crippen LogP contribution is -2.23. The number of nitrogens with one attached hydrogen (secondary N) is 1. The molecule has 23 heavy (non-hydrogen) atoms. The van der Waals surface area contributed by atoms with E-state index in [9.17, 15) is 4.79 Å². The number of hydrogen-bond acceptors (Lipinski definition) is 4. The van der Waals surface area contributed by atoms with Gasteiger partial charge < -0.3 is 5.32 Å². The zero-order valence-corrected chi connectivity index (χ0v) is 13.2. The molecule has 2 heterocycles. The number of nitrogens with zero attached hydrogens (tertiary/aromatic N) is 3. The molecule has 1 N–H and O–H groups in total. The lowest BCUT2D eigenvalue weighted by Gasteiger charge is -2.10. The van der Waals surface area contributed by atoms with Crippen LogP contribution in [0.15, 0.2) is 54.9 Å². The van der Waals surface area contributed by atoms with Crippen LogP contribution in [-0.2, 0) is 4.79 Å². The van der Waals surface area contributed by atoms with Gasteiger partial charge in [0.2, 0.25) is 0 Å². The molecule has 0 radical (unpaired) electrons. The minimum atomic E-state index is -0.381. The molecule has 4 aromatic rings. The SMILES string of the molecule is C[C@@H](C(=O)Nc1nc2c(ccc3ccccc32)s1)n1cccn1. The molecule has 0 aliphatic heterocycles. The summed E-state index contributed by atoms with van der Waals surface area (Å²) in [7, 11) is 0. The summed E-state index contributed by atoms with van der Waals surface area (Å²) in [6.07, 6.45) is 3.43. The summed E-state index contributed by atoms with van der Waals surface area (Å²) in [5.41, 5.74) is 0.926. The molecular formula is C17H14N4OS. The Morgan fingerprint density at radius 3 is 2.91 bits per heavy atom. The van der Waals surface area contributed by atoms with Gasteiger partial charge >= 0.3 is 0 Å². The van der Waals surface area contributed by atoms with Gasteiger partial charge in [0.05, 0.1) is 10.2 Å². The molecule has 114 valence electrons. The summed E-state index contributed by atoms with van der Waals surface area (Å²) in [5, 5.41) is 9.85. The molecule has 1 atom stereocenters. The number of carbonyl (C=O) groups is 1.